The Morgan fingerprint density at radius 3 is 2.55 bits per heavy atom. The molecule has 6 heterocycles. The molecule has 3 saturated heterocycles. The first-order chi connectivity index (χ1) is 31.7. The van der Waals surface area contributed by atoms with Gasteiger partial charge in [0, 0.05) is 54.6 Å². The number of carbonyl (C=O) groups is 2. The molecule has 346 valence electrons. The molecule has 16 heteroatoms. The molecule has 1 spiro atoms. The third-order valence-corrected chi connectivity index (χ3v) is 16.4. The Kier molecular flexibility index (Phi) is 11.6. The Bertz CT molecular complexity index is 2800. The van der Waals surface area contributed by atoms with Crippen LogP contribution < -0.4 is 14.4 Å². The number of carbonyl (C=O) groups excluding carboxylic acids is 2. The summed E-state index contributed by atoms with van der Waals surface area (Å²) >= 11 is 0. The van der Waals surface area contributed by atoms with Gasteiger partial charge in [0.05, 0.1) is 32.7 Å². The molecule has 2 aromatic heterocycles. The van der Waals surface area contributed by atoms with Crippen molar-refractivity contribution in [1.82, 2.24) is 24.5 Å². The van der Waals surface area contributed by atoms with E-state index in [2.05, 4.69) is 67.5 Å². The molecule has 1 amide bonds. The maximum absolute atomic E-state index is 14.1. The molecule has 2 N–H and O–H groups in total. The molecule has 0 bridgehead atoms. The summed E-state index contributed by atoms with van der Waals surface area (Å²) in [6.45, 7) is 9.07. The van der Waals surface area contributed by atoms with Crippen LogP contribution in [0.1, 0.15) is 127 Å². The number of rotatable bonds is 12. The average molecular weight is 916 g/mol. The Labute approximate surface area is 385 Å². The molecule has 4 aliphatic heterocycles. The number of piperidine rings is 2. The van der Waals surface area contributed by atoms with Gasteiger partial charge in [0.2, 0.25) is 0 Å². The maximum Gasteiger partial charge on any atom is 0.339 e. The average Bonchev–Trinajstić information content (AvgIpc) is 4.05. The first-order valence-electron chi connectivity index (χ1n) is 23.4. The highest BCUT2D eigenvalue weighted by Crippen LogP contribution is 2.54. The van der Waals surface area contributed by atoms with Gasteiger partial charge in [0.15, 0.2) is 0 Å². The molecule has 66 heavy (non-hydrogen) atoms. The molecule has 1 unspecified atom stereocenters. The number of hydrogen-bond donors (Lipinski definition) is 2. The highest BCUT2D eigenvalue weighted by molar-refractivity contribution is 7.90. The monoisotopic (exact) mass is 915 g/mol. The van der Waals surface area contributed by atoms with Crippen LogP contribution in [0.25, 0.3) is 11.0 Å². The Morgan fingerprint density at radius 1 is 1.02 bits per heavy atom. The number of aromatic amines is 1. The third kappa shape index (κ3) is 8.43. The summed E-state index contributed by atoms with van der Waals surface area (Å²) in [4.78, 5) is 53.2. The predicted molar refractivity (Wildman–Crippen MR) is 249 cm³/mol. The Morgan fingerprint density at radius 2 is 1.79 bits per heavy atom. The van der Waals surface area contributed by atoms with Gasteiger partial charge in [-0.05, 0) is 143 Å². The molecule has 2 atom stereocenters. The van der Waals surface area contributed by atoms with Gasteiger partial charge in [-0.15, -0.1) is 0 Å². The normalized spacial score (nSPS) is 21.6. The van der Waals surface area contributed by atoms with Gasteiger partial charge >= 0.3 is 5.97 Å². The van der Waals surface area contributed by atoms with Crippen LogP contribution in [-0.4, -0.2) is 90.8 Å². The van der Waals surface area contributed by atoms with E-state index in [1.54, 1.807) is 30.5 Å². The van der Waals surface area contributed by atoms with Crippen molar-refractivity contribution < 1.29 is 32.4 Å². The maximum atomic E-state index is 14.1. The highest BCUT2D eigenvalue weighted by Gasteiger charge is 2.50. The van der Waals surface area contributed by atoms with Crippen molar-refractivity contribution in [2.45, 2.75) is 101 Å². The zero-order valence-electron chi connectivity index (χ0n) is 37.7. The number of H-pyrrole nitrogens is 1. The summed E-state index contributed by atoms with van der Waals surface area (Å²) in [6, 6.07) is 20.7. The van der Waals surface area contributed by atoms with Crippen LogP contribution in [0.15, 0.2) is 84.0 Å². The number of fused-ring (bicyclic) bond motifs is 2. The van der Waals surface area contributed by atoms with E-state index >= 15 is 0 Å². The van der Waals surface area contributed by atoms with Crippen LogP contribution >= 0.6 is 0 Å². The van der Waals surface area contributed by atoms with Crippen LogP contribution in [0.2, 0.25) is 0 Å². The van der Waals surface area contributed by atoms with Crippen LogP contribution in [-0.2, 0) is 14.8 Å². The van der Waals surface area contributed by atoms with E-state index in [1.165, 1.54) is 43.0 Å². The topological polar surface area (TPSA) is 180 Å². The first-order valence-corrected chi connectivity index (χ1v) is 24.9. The summed E-state index contributed by atoms with van der Waals surface area (Å²) in [5.74, 6) is -0.717. The number of sulfonamides is 1. The lowest BCUT2D eigenvalue weighted by molar-refractivity contribution is -0.386. The zero-order valence-corrected chi connectivity index (χ0v) is 38.5. The summed E-state index contributed by atoms with van der Waals surface area (Å²) in [5.41, 5.74) is 3.98. The van der Waals surface area contributed by atoms with Crippen molar-refractivity contribution in [3.63, 3.8) is 0 Å². The predicted octanol–water partition coefficient (Wildman–Crippen LogP) is 9.04. The summed E-state index contributed by atoms with van der Waals surface area (Å²) in [7, 11) is -2.72. The van der Waals surface area contributed by atoms with E-state index in [-0.39, 0.29) is 33.8 Å². The minimum atomic E-state index is -4.75. The molecule has 10 rings (SSSR count). The summed E-state index contributed by atoms with van der Waals surface area (Å²) in [5, 5.41) is 13.2. The van der Waals surface area contributed by atoms with Gasteiger partial charge in [-0.3, -0.25) is 19.8 Å². The molecule has 1 aliphatic carbocycles. The number of nitro groups is 1. The van der Waals surface area contributed by atoms with Crippen LogP contribution in [0.4, 0.5) is 11.4 Å². The van der Waals surface area contributed by atoms with Crippen molar-refractivity contribution in [3.8, 4) is 11.5 Å². The molecular weight excluding hydrogens is 859 g/mol. The molecule has 4 fully saturated rings. The minimum absolute atomic E-state index is 0.0673. The molecule has 3 aromatic carbocycles. The standard InChI is InChI=1S/C50H57N7O8S/c1-31(2)38-7-4-5-8-39(38)42-9-6-18-56(42)35-28-50(29-35)15-21-55(22-16-50)34-10-11-40(44(25-34)64-36-24-33-12-17-51-47(33)52-30-36)48(58)53-66(62,63)37-26-41-46(43(27-37)57(60)61)45(65-49(41)59)23-32-13-19-54(3)20-14-32/h4-5,7-8,10-12,17,24-27,30-32,35,42,45H,6,9,13-16,18-23,28-29H2,1-3H3,(H,51,52)(H,53,58)/t42-,45?/m0/s1. The van der Waals surface area contributed by atoms with Crippen molar-refractivity contribution in [1.29, 1.82) is 0 Å². The number of hydrogen-bond acceptors (Lipinski definition) is 12. The first kappa shape index (κ1) is 44.0. The number of nitrogens with zero attached hydrogens (tertiary/aromatic N) is 5. The number of esters is 1. The molecule has 1 saturated carbocycles. The lowest BCUT2D eigenvalue weighted by Gasteiger charge is -2.56. The van der Waals surface area contributed by atoms with Gasteiger partial charge in [0.1, 0.15) is 23.3 Å². The van der Waals surface area contributed by atoms with E-state index in [4.69, 9.17) is 9.47 Å². The zero-order chi connectivity index (χ0) is 45.9. The lowest BCUT2D eigenvalue weighted by atomic mass is 9.59. The van der Waals surface area contributed by atoms with E-state index in [9.17, 15) is 28.1 Å². The second-order valence-electron chi connectivity index (χ2n) is 19.6. The largest absolute Gasteiger partial charge is 0.455 e. The number of anilines is 1. The number of cyclic esters (lactones) is 1. The molecule has 0 radical (unpaired) electrons. The highest BCUT2D eigenvalue weighted by atomic mass is 32.2. The van der Waals surface area contributed by atoms with Crippen molar-refractivity contribution in [2.75, 3.05) is 44.7 Å². The van der Waals surface area contributed by atoms with Crippen molar-refractivity contribution in [2.24, 2.45) is 11.3 Å². The Hall–Kier alpha value is -5.84. The van der Waals surface area contributed by atoms with Crippen molar-refractivity contribution in [3.05, 3.63) is 117 Å². The molecule has 5 aliphatic rings. The van der Waals surface area contributed by atoms with Crippen LogP contribution in [0.5, 0.6) is 11.5 Å². The van der Waals surface area contributed by atoms with Crippen LogP contribution in [0, 0.1) is 21.4 Å². The third-order valence-electron chi connectivity index (χ3n) is 15.1. The molecule has 5 aromatic rings. The number of nitrogens with one attached hydrogen (secondary N) is 2. The fourth-order valence-electron chi connectivity index (χ4n) is 11.5. The van der Waals surface area contributed by atoms with Crippen molar-refractivity contribution >= 4 is 44.3 Å². The number of benzene rings is 3. The number of ether oxygens (including phenoxy) is 2. The van der Waals surface area contributed by atoms with Gasteiger partial charge in [-0.1, -0.05) is 38.1 Å². The van der Waals surface area contributed by atoms with E-state index in [0.717, 1.165) is 81.6 Å². The number of likely N-dealkylation sites (tertiary alicyclic amines) is 2. The quantitative estimate of drug-likeness (QED) is 0.0690. The smallest absolute Gasteiger partial charge is 0.339 e. The second kappa shape index (κ2) is 17.4. The van der Waals surface area contributed by atoms with Gasteiger partial charge in [-0.2, -0.15) is 0 Å². The number of aromatic nitrogens is 2. The van der Waals surface area contributed by atoms with Gasteiger partial charge < -0.3 is 24.3 Å². The number of nitro benzene ring substituents is 1. The fourth-order valence-corrected chi connectivity index (χ4v) is 12.5. The number of amides is 1. The van der Waals surface area contributed by atoms with E-state index in [0.29, 0.717) is 35.8 Å². The molecular formula is C50H57N7O8S. The van der Waals surface area contributed by atoms with Crippen LogP contribution in [0.3, 0.4) is 0 Å². The SMILES string of the molecule is CC(C)c1ccccc1[C@@H]1CCCN1C1CC2(CCN(c3ccc(C(=O)NS(=O)(=O)c4cc5c(c([N+](=O)[O-])c4)C(CC4CCN(C)CC4)OC5=O)c(Oc4cnc5[nH]ccc5c4)c3)CC2)C1. The van der Waals surface area contributed by atoms with Gasteiger partial charge in [-0.25, -0.2) is 22.9 Å². The fraction of sp³-hybridized carbons (Fsp3) is 0.460. The summed E-state index contributed by atoms with van der Waals surface area (Å²) in [6.07, 6.45) is 11.4. The lowest BCUT2D eigenvalue weighted by Crippen LogP contribution is -2.54. The van der Waals surface area contributed by atoms with E-state index < -0.39 is 43.5 Å². The summed E-state index contributed by atoms with van der Waals surface area (Å²) < 4.78 is 42.1. The van der Waals surface area contributed by atoms with Gasteiger partial charge in [0.25, 0.3) is 21.6 Å². The number of pyridine rings is 1. The Balaban J connectivity index is 0.867. The second-order valence-corrected chi connectivity index (χ2v) is 21.3. The van der Waals surface area contributed by atoms with E-state index in [1.807, 2.05) is 13.1 Å². The minimum Gasteiger partial charge on any atom is -0.455 e. The molecule has 15 nitrogen and oxygen atoms in total.